The molecule has 0 saturated heterocycles. The van der Waals surface area contributed by atoms with Crippen LogP contribution >= 0.6 is 22.9 Å². The van der Waals surface area contributed by atoms with Gasteiger partial charge in [-0.1, -0.05) is 11.6 Å². The number of thiophene rings is 1. The fourth-order valence-corrected chi connectivity index (χ4v) is 2.44. The molecule has 2 rings (SSSR count). The number of ether oxygens (including phenoxy) is 1. The van der Waals surface area contributed by atoms with Crippen molar-refractivity contribution in [3.05, 3.63) is 57.0 Å². The van der Waals surface area contributed by atoms with Crippen molar-refractivity contribution in [2.24, 2.45) is 0 Å². The van der Waals surface area contributed by atoms with E-state index in [4.69, 9.17) is 21.4 Å². The van der Waals surface area contributed by atoms with Crippen LogP contribution in [0.4, 0.5) is 4.39 Å². The van der Waals surface area contributed by atoms with Crippen LogP contribution in [0.15, 0.2) is 36.4 Å². The molecule has 0 unspecified atom stereocenters. The average Bonchev–Trinajstić information content (AvgIpc) is 2.86. The second kappa shape index (κ2) is 6.54. The number of benzene rings is 1. The van der Waals surface area contributed by atoms with Crippen LogP contribution in [0.25, 0.3) is 6.08 Å². The average molecular weight is 313 g/mol. The predicted octanol–water partition coefficient (Wildman–Crippen LogP) is 4.22. The second-order valence-corrected chi connectivity index (χ2v) is 5.45. The Kier molecular flexibility index (Phi) is 4.76. The first-order valence-corrected chi connectivity index (χ1v) is 6.81. The highest BCUT2D eigenvalue weighted by Crippen LogP contribution is 2.24. The zero-order chi connectivity index (χ0) is 14.5. The van der Waals surface area contributed by atoms with Crippen molar-refractivity contribution in [3.63, 3.8) is 0 Å². The summed E-state index contributed by atoms with van der Waals surface area (Å²) >= 11 is 7.07. The van der Waals surface area contributed by atoms with Gasteiger partial charge in [-0.25, -0.2) is 9.18 Å². The first-order chi connectivity index (χ1) is 9.54. The molecule has 0 fully saturated rings. The number of aliphatic carboxylic acids is 1. The molecular weight excluding hydrogens is 303 g/mol. The van der Waals surface area contributed by atoms with E-state index < -0.39 is 11.8 Å². The quantitative estimate of drug-likeness (QED) is 0.841. The number of carboxylic acids is 1. The number of carboxylic acid groups (broad SMARTS) is 1. The molecule has 1 aromatic carbocycles. The molecule has 0 aliphatic heterocycles. The van der Waals surface area contributed by atoms with Crippen LogP contribution in [-0.2, 0) is 11.4 Å². The fourth-order valence-electron chi connectivity index (χ4n) is 1.44. The lowest BCUT2D eigenvalue weighted by Crippen LogP contribution is -1.93. The van der Waals surface area contributed by atoms with Crippen molar-refractivity contribution < 1.29 is 19.0 Å². The summed E-state index contributed by atoms with van der Waals surface area (Å²) in [5, 5.41) is 8.54. The molecule has 0 aliphatic rings. The molecule has 0 saturated carbocycles. The second-order valence-electron chi connectivity index (χ2n) is 3.84. The Labute approximate surface area is 123 Å². The summed E-state index contributed by atoms with van der Waals surface area (Å²) in [6.45, 7) is 0.313. The third-order valence-corrected chi connectivity index (χ3v) is 3.66. The molecule has 0 amide bonds. The van der Waals surface area contributed by atoms with Gasteiger partial charge in [0.25, 0.3) is 0 Å². The molecule has 1 heterocycles. The minimum absolute atomic E-state index is 0.0127. The number of hydrogen-bond donors (Lipinski definition) is 1. The number of hydrogen-bond acceptors (Lipinski definition) is 3. The van der Waals surface area contributed by atoms with Gasteiger partial charge in [0.05, 0.1) is 5.02 Å². The Morgan fingerprint density at radius 1 is 1.40 bits per heavy atom. The molecule has 0 bridgehead atoms. The predicted molar refractivity (Wildman–Crippen MR) is 76.7 cm³/mol. The van der Waals surface area contributed by atoms with E-state index in [-0.39, 0.29) is 5.02 Å². The standard InChI is InChI=1S/C14H10ClFO3S/c15-12-7-9(1-5-13(12)16)19-8-11-3-2-10(20-11)4-6-14(17)18/h1-7H,8H2,(H,17,18). The SMILES string of the molecule is O=C(O)C=Cc1ccc(COc2ccc(F)c(Cl)c2)s1. The van der Waals surface area contributed by atoms with Gasteiger partial charge in [0.15, 0.2) is 0 Å². The van der Waals surface area contributed by atoms with E-state index in [0.29, 0.717) is 12.4 Å². The van der Waals surface area contributed by atoms with Crippen molar-refractivity contribution in [1.82, 2.24) is 0 Å². The Bertz CT molecular complexity index is 652. The molecule has 2 aromatic rings. The van der Waals surface area contributed by atoms with Crippen LogP contribution in [0, 0.1) is 5.82 Å². The first kappa shape index (κ1) is 14.6. The molecule has 0 atom stereocenters. The molecule has 3 nitrogen and oxygen atoms in total. The van der Waals surface area contributed by atoms with Gasteiger partial charge >= 0.3 is 5.97 Å². The van der Waals surface area contributed by atoms with Gasteiger partial charge < -0.3 is 9.84 Å². The van der Waals surface area contributed by atoms with Crippen LogP contribution < -0.4 is 4.74 Å². The number of rotatable bonds is 5. The molecule has 0 spiro atoms. The lowest BCUT2D eigenvalue weighted by atomic mass is 10.3. The highest BCUT2D eigenvalue weighted by molar-refractivity contribution is 7.12. The van der Waals surface area contributed by atoms with Gasteiger partial charge in [-0.05, 0) is 30.3 Å². The molecule has 1 N–H and O–H groups in total. The highest BCUT2D eigenvalue weighted by Gasteiger charge is 2.03. The molecule has 0 aliphatic carbocycles. The van der Waals surface area contributed by atoms with E-state index in [1.165, 1.54) is 35.6 Å². The van der Waals surface area contributed by atoms with Crippen LogP contribution in [0.5, 0.6) is 5.75 Å². The van der Waals surface area contributed by atoms with Crippen LogP contribution in [0.1, 0.15) is 9.75 Å². The Hall–Kier alpha value is -1.85. The Balaban J connectivity index is 1.97. The van der Waals surface area contributed by atoms with Gasteiger partial charge in [0.2, 0.25) is 0 Å². The van der Waals surface area contributed by atoms with Gasteiger partial charge in [0, 0.05) is 21.9 Å². The maximum Gasteiger partial charge on any atom is 0.328 e. The van der Waals surface area contributed by atoms with Gasteiger partial charge in [-0.15, -0.1) is 11.3 Å². The number of carbonyl (C=O) groups is 1. The summed E-state index contributed by atoms with van der Waals surface area (Å²) in [6.07, 6.45) is 2.60. The third kappa shape index (κ3) is 4.08. The van der Waals surface area contributed by atoms with Crippen molar-refractivity contribution in [3.8, 4) is 5.75 Å². The molecule has 1 aromatic heterocycles. The molecule has 0 radical (unpaired) electrons. The first-order valence-electron chi connectivity index (χ1n) is 5.62. The molecule has 20 heavy (non-hydrogen) atoms. The lowest BCUT2D eigenvalue weighted by Gasteiger charge is -2.05. The van der Waals surface area contributed by atoms with E-state index >= 15 is 0 Å². The van der Waals surface area contributed by atoms with Crippen LogP contribution in [-0.4, -0.2) is 11.1 Å². The Morgan fingerprint density at radius 3 is 2.90 bits per heavy atom. The van der Waals surface area contributed by atoms with Crippen molar-refractivity contribution in [2.75, 3.05) is 0 Å². The van der Waals surface area contributed by atoms with Crippen LogP contribution in [0.2, 0.25) is 5.02 Å². The van der Waals surface area contributed by atoms with Crippen LogP contribution in [0.3, 0.4) is 0 Å². The smallest absolute Gasteiger partial charge is 0.328 e. The fraction of sp³-hybridized carbons (Fsp3) is 0.0714. The lowest BCUT2D eigenvalue weighted by molar-refractivity contribution is -0.131. The van der Waals surface area contributed by atoms with Crippen molar-refractivity contribution in [2.45, 2.75) is 6.61 Å². The summed E-state index contributed by atoms with van der Waals surface area (Å²) in [5.41, 5.74) is 0. The summed E-state index contributed by atoms with van der Waals surface area (Å²) in [4.78, 5) is 12.1. The molecular formula is C14H10ClFO3S. The highest BCUT2D eigenvalue weighted by atomic mass is 35.5. The van der Waals surface area contributed by atoms with E-state index in [1.54, 1.807) is 6.07 Å². The van der Waals surface area contributed by atoms with E-state index in [0.717, 1.165) is 15.8 Å². The van der Waals surface area contributed by atoms with Crippen molar-refractivity contribution in [1.29, 1.82) is 0 Å². The maximum atomic E-state index is 13.0. The maximum absolute atomic E-state index is 13.0. The summed E-state index contributed by atoms with van der Waals surface area (Å²) < 4.78 is 18.5. The summed E-state index contributed by atoms with van der Waals surface area (Å²) in [7, 11) is 0. The van der Waals surface area contributed by atoms with E-state index in [2.05, 4.69) is 0 Å². The zero-order valence-corrected chi connectivity index (χ0v) is 11.7. The van der Waals surface area contributed by atoms with Gasteiger partial charge in [0.1, 0.15) is 18.2 Å². The summed E-state index contributed by atoms with van der Waals surface area (Å²) in [6, 6.07) is 7.81. The minimum Gasteiger partial charge on any atom is -0.488 e. The van der Waals surface area contributed by atoms with E-state index in [1.807, 2.05) is 6.07 Å². The van der Waals surface area contributed by atoms with Gasteiger partial charge in [-0.2, -0.15) is 0 Å². The zero-order valence-electron chi connectivity index (χ0n) is 10.2. The minimum atomic E-state index is -0.989. The number of halogens is 2. The largest absolute Gasteiger partial charge is 0.488 e. The van der Waals surface area contributed by atoms with E-state index in [9.17, 15) is 9.18 Å². The monoisotopic (exact) mass is 312 g/mol. The molecule has 6 heteroatoms. The normalized spacial score (nSPS) is 10.9. The third-order valence-electron chi connectivity index (χ3n) is 2.34. The summed E-state index contributed by atoms with van der Waals surface area (Å²) in [5.74, 6) is -0.999. The molecule has 104 valence electrons. The van der Waals surface area contributed by atoms with Crippen molar-refractivity contribution >= 4 is 35.0 Å². The van der Waals surface area contributed by atoms with Gasteiger partial charge in [-0.3, -0.25) is 0 Å². The topological polar surface area (TPSA) is 46.5 Å². The Morgan fingerprint density at radius 2 is 2.20 bits per heavy atom.